The van der Waals surface area contributed by atoms with Gasteiger partial charge in [0.15, 0.2) is 0 Å². The summed E-state index contributed by atoms with van der Waals surface area (Å²) >= 11 is 0.856. The molecule has 0 saturated heterocycles. The van der Waals surface area contributed by atoms with E-state index >= 15 is 0 Å². The molecule has 0 unspecified atom stereocenters. The summed E-state index contributed by atoms with van der Waals surface area (Å²) in [6.45, 7) is 1.75. The zero-order valence-electron chi connectivity index (χ0n) is 10.7. The van der Waals surface area contributed by atoms with Gasteiger partial charge in [-0.3, -0.25) is 0 Å². The molecule has 108 valence electrons. The monoisotopic (exact) mass is 317 g/mol. The first-order valence-corrected chi connectivity index (χ1v) is 8.06. The number of nitro groups is 1. The Balaban J connectivity index is 2.42. The predicted octanol–water partition coefficient (Wildman–Crippen LogP) is 1.03. The zero-order chi connectivity index (χ0) is 14.9. The van der Waals surface area contributed by atoms with Crippen molar-refractivity contribution in [3.05, 3.63) is 16.3 Å². The summed E-state index contributed by atoms with van der Waals surface area (Å²) in [6.07, 6.45) is 1.57. The summed E-state index contributed by atoms with van der Waals surface area (Å²) in [5.41, 5.74) is 0. The number of hydrogen-bond acceptors (Lipinski definition) is 8. The highest BCUT2D eigenvalue weighted by molar-refractivity contribution is 7.93. The van der Waals surface area contributed by atoms with Crippen molar-refractivity contribution in [1.29, 1.82) is 0 Å². The van der Waals surface area contributed by atoms with Crippen molar-refractivity contribution in [3.8, 4) is 10.8 Å². The number of aromatic nitrogens is 4. The molecule has 0 radical (unpaired) electrons. The van der Waals surface area contributed by atoms with Crippen LogP contribution in [0.4, 0.5) is 5.82 Å². The van der Waals surface area contributed by atoms with Crippen LogP contribution in [0.15, 0.2) is 10.5 Å². The second-order valence-corrected chi connectivity index (χ2v) is 7.21. The van der Waals surface area contributed by atoms with Crippen molar-refractivity contribution in [1.82, 2.24) is 19.7 Å². The van der Waals surface area contributed by atoms with Gasteiger partial charge in [0.25, 0.3) is 5.82 Å². The Labute approximate surface area is 118 Å². The minimum absolute atomic E-state index is 0.0116. The van der Waals surface area contributed by atoms with Gasteiger partial charge in [0.05, 0.1) is 12.8 Å². The highest BCUT2D eigenvalue weighted by Crippen LogP contribution is 2.27. The molecule has 2 aromatic heterocycles. The van der Waals surface area contributed by atoms with Gasteiger partial charge in [0, 0.05) is 0 Å². The predicted molar refractivity (Wildman–Crippen MR) is 71.1 cm³/mol. The maximum atomic E-state index is 11.8. The number of rotatable bonds is 5. The van der Waals surface area contributed by atoms with Crippen LogP contribution in [0.25, 0.3) is 10.8 Å². The van der Waals surface area contributed by atoms with Crippen LogP contribution in [0.5, 0.6) is 0 Å². The van der Waals surface area contributed by atoms with E-state index in [4.69, 9.17) is 0 Å². The average Bonchev–Trinajstić information content (AvgIpc) is 2.94. The third-order valence-corrected chi connectivity index (χ3v) is 5.77. The Morgan fingerprint density at radius 3 is 2.70 bits per heavy atom. The van der Waals surface area contributed by atoms with Crippen molar-refractivity contribution in [2.24, 2.45) is 7.05 Å². The van der Waals surface area contributed by atoms with Gasteiger partial charge in [-0.1, -0.05) is 18.3 Å². The van der Waals surface area contributed by atoms with Gasteiger partial charge in [0.1, 0.15) is 6.20 Å². The van der Waals surface area contributed by atoms with Gasteiger partial charge in [-0.05, 0) is 11.3 Å². The van der Waals surface area contributed by atoms with Crippen LogP contribution in [0.1, 0.15) is 13.3 Å². The fourth-order valence-electron chi connectivity index (χ4n) is 1.55. The topological polar surface area (TPSA) is 121 Å². The lowest BCUT2D eigenvalue weighted by Crippen LogP contribution is -2.05. The third kappa shape index (κ3) is 2.54. The Kier molecular flexibility index (Phi) is 3.81. The summed E-state index contributed by atoms with van der Waals surface area (Å²) in [6, 6.07) is 0. The second-order valence-electron chi connectivity index (χ2n) is 3.95. The van der Waals surface area contributed by atoms with Gasteiger partial charge in [0.2, 0.25) is 19.2 Å². The molecule has 20 heavy (non-hydrogen) atoms. The molecule has 0 N–H and O–H groups in total. The van der Waals surface area contributed by atoms with E-state index < -0.39 is 14.8 Å². The van der Waals surface area contributed by atoms with E-state index in [0.29, 0.717) is 6.42 Å². The van der Waals surface area contributed by atoms with Crippen molar-refractivity contribution < 1.29 is 13.3 Å². The van der Waals surface area contributed by atoms with E-state index in [1.54, 1.807) is 6.92 Å². The first-order chi connectivity index (χ1) is 9.36. The summed E-state index contributed by atoms with van der Waals surface area (Å²) < 4.78 is 24.8. The lowest BCUT2D eigenvalue weighted by Gasteiger charge is -1.95. The van der Waals surface area contributed by atoms with Crippen LogP contribution in [0.3, 0.4) is 0 Å². The van der Waals surface area contributed by atoms with Crippen LogP contribution in [0.2, 0.25) is 0 Å². The standard InChI is InChI=1S/C9H11N5O4S2/c1-3-4-20(17,18)9-12-11-8(19-9)7-10-5-6(13(7)2)14(15)16/h5H,3-4H2,1-2H3. The molecular weight excluding hydrogens is 306 g/mol. The minimum Gasteiger partial charge on any atom is -0.358 e. The summed E-state index contributed by atoms with van der Waals surface area (Å²) in [7, 11) is -1.99. The molecule has 0 aromatic carbocycles. The van der Waals surface area contributed by atoms with Gasteiger partial charge < -0.3 is 10.1 Å². The average molecular weight is 317 g/mol. The molecule has 0 aliphatic rings. The zero-order valence-corrected chi connectivity index (χ0v) is 12.3. The van der Waals surface area contributed by atoms with Crippen LogP contribution in [-0.4, -0.2) is 38.8 Å². The molecule has 0 atom stereocenters. The Morgan fingerprint density at radius 2 is 2.15 bits per heavy atom. The molecule has 0 aliphatic heterocycles. The van der Waals surface area contributed by atoms with Gasteiger partial charge in [-0.15, -0.1) is 10.2 Å². The van der Waals surface area contributed by atoms with Crippen molar-refractivity contribution in [2.45, 2.75) is 17.7 Å². The Morgan fingerprint density at radius 1 is 1.45 bits per heavy atom. The van der Waals surface area contributed by atoms with Crippen molar-refractivity contribution in [2.75, 3.05) is 5.75 Å². The van der Waals surface area contributed by atoms with Crippen LogP contribution in [0, 0.1) is 10.1 Å². The normalized spacial score (nSPS) is 11.7. The molecule has 0 amide bonds. The third-order valence-electron chi connectivity index (χ3n) is 2.49. The molecule has 0 spiro atoms. The summed E-state index contributed by atoms with van der Waals surface area (Å²) in [5.74, 6) is 0.00262. The van der Waals surface area contributed by atoms with Gasteiger partial charge in [-0.25, -0.2) is 18.0 Å². The molecule has 9 nitrogen and oxygen atoms in total. The molecule has 11 heteroatoms. The SMILES string of the molecule is CCCS(=O)(=O)c1nnc(-c2ncc([N+](=O)[O-])n2C)s1. The number of nitrogens with zero attached hydrogens (tertiary/aromatic N) is 5. The maximum absolute atomic E-state index is 11.8. The minimum atomic E-state index is -3.45. The maximum Gasteiger partial charge on any atom is 0.342 e. The fourth-order valence-corrected chi connectivity index (χ4v) is 4.03. The quantitative estimate of drug-likeness (QED) is 0.596. The summed E-state index contributed by atoms with van der Waals surface area (Å²) in [4.78, 5) is 14.0. The van der Waals surface area contributed by atoms with Gasteiger partial charge >= 0.3 is 5.82 Å². The fraction of sp³-hybridized carbons (Fsp3) is 0.444. The number of imidazole rings is 1. The molecule has 0 fully saturated rings. The van der Waals surface area contributed by atoms with Gasteiger partial charge in [-0.2, -0.15) is 0 Å². The first-order valence-electron chi connectivity index (χ1n) is 5.59. The smallest absolute Gasteiger partial charge is 0.342 e. The van der Waals surface area contributed by atoms with Crippen molar-refractivity contribution in [3.63, 3.8) is 0 Å². The number of hydrogen-bond donors (Lipinski definition) is 0. The second kappa shape index (κ2) is 5.25. The number of sulfone groups is 1. The molecule has 0 aliphatic carbocycles. The Bertz CT molecular complexity index is 748. The van der Waals surface area contributed by atoms with E-state index in [-0.39, 0.29) is 26.7 Å². The Hall–Kier alpha value is -1.88. The molecular formula is C9H11N5O4S2. The molecule has 2 heterocycles. The van der Waals surface area contributed by atoms with Crippen molar-refractivity contribution >= 4 is 27.0 Å². The van der Waals surface area contributed by atoms with Crippen LogP contribution in [-0.2, 0) is 16.9 Å². The van der Waals surface area contributed by atoms with E-state index in [9.17, 15) is 18.5 Å². The van der Waals surface area contributed by atoms with E-state index in [1.165, 1.54) is 11.6 Å². The van der Waals surface area contributed by atoms with E-state index in [0.717, 1.165) is 17.5 Å². The largest absolute Gasteiger partial charge is 0.358 e. The van der Waals surface area contributed by atoms with E-state index in [2.05, 4.69) is 15.2 Å². The lowest BCUT2D eigenvalue weighted by molar-refractivity contribution is -0.391. The van der Waals surface area contributed by atoms with E-state index in [1.807, 2.05) is 0 Å². The summed E-state index contributed by atoms with van der Waals surface area (Å²) in [5, 5.41) is 18.4. The van der Waals surface area contributed by atoms with Crippen LogP contribution < -0.4 is 0 Å². The molecule has 0 saturated carbocycles. The first kappa shape index (κ1) is 14.5. The molecule has 2 rings (SSSR count). The molecule has 2 aromatic rings. The highest BCUT2D eigenvalue weighted by atomic mass is 32.2. The lowest BCUT2D eigenvalue weighted by atomic mass is 10.6. The van der Waals surface area contributed by atoms with Crippen LogP contribution >= 0.6 is 11.3 Å². The highest BCUT2D eigenvalue weighted by Gasteiger charge is 2.25. The molecule has 0 bridgehead atoms.